The van der Waals surface area contributed by atoms with Crippen LogP contribution in [0.2, 0.25) is 5.02 Å². The van der Waals surface area contributed by atoms with E-state index in [1.165, 1.54) is 0 Å². The lowest BCUT2D eigenvalue weighted by Gasteiger charge is -2.23. The van der Waals surface area contributed by atoms with Crippen molar-refractivity contribution >= 4 is 22.7 Å². The number of nitrogens with zero attached hydrogens (tertiary/aromatic N) is 1. The molecule has 0 atom stereocenters. The Kier molecular flexibility index (Phi) is 3.32. The quantitative estimate of drug-likeness (QED) is 0.856. The molecule has 0 amide bonds. The molecule has 0 aromatic heterocycles. The maximum atomic E-state index is 9.64. The molecule has 1 aliphatic heterocycles. The first-order valence-electron chi connectivity index (χ1n) is 6.46. The topological polar surface area (TPSA) is 53.2 Å². The summed E-state index contributed by atoms with van der Waals surface area (Å²) < 4.78 is 5.74. The molecule has 0 spiro atoms. The molecule has 2 aromatic carbocycles. The summed E-state index contributed by atoms with van der Waals surface area (Å²) in [4.78, 5) is 0. The molecule has 3 nitrogen and oxygen atoms in total. The van der Waals surface area contributed by atoms with Crippen molar-refractivity contribution in [3.8, 4) is 17.6 Å². The van der Waals surface area contributed by atoms with E-state index in [2.05, 4.69) is 0 Å². The SMILES string of the molecule is CC1=C(c2ccc(C#N)c(Cl)c2)COc2ccc(O)cc21. The summed E-state index contributed by atoms with van der Waals surface area (Å²) in [5, 5.41) is 19.0. The number of phenols is 1. The first-order valence-corrected chi connectivity index (χ1v) is 6.84. The van der Waals surface area contributed by atoms with Crippen molar-refractivity contribution in [3.63, 3.8) is 0 Å². The molecular formula is C17H12ClNO2. The fraction of sp³-hybridized carbons (Fsp3) is 0.118. The summed E-state index contributed by atoms with van der Waals surface area (Å²) in [5.41, 5.74) is 4.28. The normalized spacial score (nSPS) is 13.4. The summed E-state index contributed by atoms with van der Waals surface area (Å²) in [6.07, 6.45) is 0. The fourth-order valence-electron chi connectivity index (χ4n) is 2.45. The van der Waals surface area contributed by atoms with Crippen LogP contribution in [-0.2, 0) is 0 Å². The molecule has 104 valence electrons. The van der Waals surface area contributed by atoms with Crippen LogP contribution < -0.4 is 4.74 Å². The minimum absolute atomic E-state index is 0.204. The molecule has 0 radical (unpaired) electrons. The van der Waals surface area contributed by atoms with Crippen molar-refractivity contribution in [1.82, 2.24) is 0 Å². The summed E-state index contributed by atoms with van der Waals surface area (Å²) in [5.74, 6) is 0.963. The molecule has 0 unspecified atom stereocenters. The predicted molar refractivity (Wildman–Crippen MR) is 82.3 cm³/mol. The summed E-state index contributed by atoms with van der Waals surface area (Å²) in [6, 6.07) is 12.4. The molecule has 0 bridgehead atoms. The van der Waals surface area contributed by atoms with E-state index in [9.17, 15) is 5.11 Å². The van der Waals surface area contributed by atoms with Crippen LogP contribution in [0.25, 0.3) is 11.1 Å². The van der Waals surface area contributed by atoms with Gasteiger partial charge in [-0.15, -0.1) is 0 Å². The lowest BCUT2D eigenvalue weighted by Crippen LogP contribution is -2.09. The number of hydrogen-bond donors (Lipinski definition) is 1. The Morgan fingerprint density at radius 1 is 1.24 bits per heavy atom. The number of phenolic OH excluding ortho intramolecular Hbond substituents is 1. The van der Waals surface area contributed by atoms with E-state index in [-0.39, 0.29) is 5.75 Å². The third-order valence-corrected chi connectivity index (χ3v) is 3.94. The highest BCUT2D eigenvalue weighted by Crippen LogP contribution is 2.39. The van der Waals surface area contributed by atoms with Gasteiger partial charge in [0.1, 0.15) is 24.2 Å². The minimum Gasteiger partial charge on any atom is -0.508 e. The highest BCUT2D eigenvalue weighted by atomic mass is 35.5. The largest absolute Gasteiger partial charge is 0.508 e. The van der Waals surface area contributed by atoms with Crippen molar-refractivity contribution in [2.45, 2.75) is 6.92 Å². The van der Waals surface area contributed by atoms with Gasteiger partial charge in [0.05, 0.1) is 10.6 Å². The monoisotopic (exact) mass is 297 g/mol. The second-order valence-electron chi connectivity index (χ2n) is 4.88. The van der Waals surface area contributed by atoms with E-state index in [1.807, 2.05) is 19.1 Å². The molecule has 0 fully saturated rings. The third kappa shape index (κ3) is 2.35. The van der Waals surface area contributed by atoms with Gasteiger partial charge in [0.25, 0.3) is 0 Å². The molecule has 4 heteroatoms. The molecule has 2 aromatic rings. The highest BCUT2D eigenvalue weighted by Gasteiger charge is 2.19. The van der Waals surface area contributed by atoms with Gasteiger partial charge in [-0.25, -0.2) is 0 Å². The van der Waals surface area contributed by atoms with Crippen LogP contribution in [-0.4, -0.2) is 11.7 Å². The lowest BCUT2D eigenvalue weighted by molar-refractivity contribution is 0.363. The standard InChI is InChI=1S/C17H12ClNO2/c1-10-14-7-13(20)4-5-17(14)21-9-15(10)11-2-3-12(8-19)16(18)6-11/h2-7,20H,9H2,1H3. The van der Waals surface area contributed by atoms with Crippen LogP contribution in [0.1, 0.15) is 23.6 Å². The summed E-state index contributed by atoms with van der Waals surface area (Å²) in [7, 11) is 0. The zero-order chi connectivity index (χ0) is 15.0. The van der Waals surface area contributed by atoms with Crippen molar-refractivity contribution in [2.24, 2.45) is 0 Å². The number of halogens is 1. The van der Waals surface area contributed by atoms with Crippen LogP contribution in [0.3, 0.4) is 0 Å². The average Bonchev–Trinajstić information content (AvgIpc) is 2.48. The predicted octanol–water partition coefficient (Wildman–Crippen LogP) is 4.24. The summed E-state index contributed by atoms with van der Waals surface area (Å²) in [6.45, 7) is 2.42. The number of benzene rings is 2. The molecule has 21 heavy (non-hydrogen) atoms. The number of aromatic hydroxyl groups is 1. The van der Waals surface area contributed by atoms with Crippen LogP contribution in [0.5, 0.6) is 11.5 Å². The van der Waals surface area contributed by atoms with E-state index in [1.54, 1.807) is 30.3 Å². The minimum atomic E-state index is 0.204. The van der Waals surface area contributed by atoms with Gasteiger partial charge in [-0.3, -0.25) is 0 Å². The number of rotatable bonds is 1. The molecule has 1 N–H and O–H groups in total. The van der Waals surface area contributed by atoms with Gasteiger partial charge in [-0.05, 0) is 48.4 Å². The fourth-order valence-corrected chi connectivity index (χ4v) is 2.67. The maximum Gasteiger partial charge on any atom is 0.127 e. The Bertz CT molecular complexity index is 803. The van der Waals surface area contributed by atoms with Crippen LogP contribution >= 0.6 is 11.6 Å². The first-order chi connectivity index (χ1) is 10.1. The van der Waals surface area contributed by atoms with Gasteiger partial charge in [0.2, 0.25) is 0 Å². The number of nitriles is 1. The van der Waals surface area contributed by atoms with Gasteiger partial charge in [0, 0.05) is 11.1 Å². The maximum absolute atomic E-state index is 9.64. The van der Waals surface area contributed by atoms with Crippen LogP contribution in [0.4, 0.5) is 0 Å². The number of allylic oxidation sites excluding steroid dienone is 1. The van der Waals surface area contributed by atoms with E-state index in [0.717, 1.165) is 28.0 Å². The van der Waals surface area contributed by atoms with Crippen molar-refractivity contribution in [3.05, 3.63) is 58.1 Å². The van der Waals surface area contributed by atoms with Gasteiger partial charge < -0.3 is 9.84 Å². The Morgan fingerprint density at radius 3 is 2.76 bits per heavy atom. The number of ether oxygens (including phenoxy) is 1. The van der Waals surface area contributed by atoms with Crippen LogP contribution in [0.15, 0.2) is 36.4 Å². The van der Waals surface area contributed by atoms with Crippen molar-refractivity contribution < 1.29 is 9.84 Å². The van der Waals surface area contributed by atoms with E-state index in [4.69, 9.17) is 21.6 Å². The molecule has 0 saturated heterocycles. The van der Waals surface area contributed by atoms with Gasteiger partial charge >= 0.3 is 0 Å². The van der Waals surface area contributed by atoms with E-state index >= 15 is 0 Å². The zero-order valence-corrected chi connectivity index (χ0v) is 12.1. The smallest absolute Gasteiger partial charge is 0.127 e. The van der Waals surface area contributed by atoms with E-state index in [0.29, 0.717) is 17.2 Å². The highest BCUT2D eigenvalue weighted by molar-refractivity contribution is 6.32. The van der Waals surface area contributed by atoms with Gasteiger partial charge in [-0.2, -0.15) is 5.26 Å². The Labute approximate surface area is 127 Å². The molecule has 1 aliphatic rings. The Balaban J connectivity index is 2.13. The zero-order valence-electron chi connectivity index (χ0n) is 11.4. The third-order valence-electron chi connectivity index (χ3n) is 3.63. The first kappa shape index (κ1) is 13.5. The van der Waals surface area contributed by atoms with Crippen molar-refractivity contribution in [2.75, 3.05) is 6.61 Å². The molecule has 0 saturated carbocycles. The Hall–Kier alpha value is -2.44. The van der Waals surface area contributed by atoms with Crippen molar-refractivity contribution in [1.29, 1.82) is 5.26 Å². The van der Waals surface area contributed by atoms with Gasteiger partial charge in [0.15, 0.2) is 0 Å². The number of fused-ring (bicyclic) bond motifs is 1. The molecule has 3 rings (SSSR count). The van der Waals surface area contributed by atoms with Crippen LogP contribution in [0, 0.1) is 11.3 Å². The lowest BCUT2D eigenvalue weighted by atomic mass is 9.93. The Morgan fingerprint density at radius 2 is 2.05 bits per heavy atom. The number of hydrogen-bond acceptors (Lipinski definition) is 3. The molecular weight excluding hydrogens is 286 g/mol. The second-order valence-corrected chi connectivity index (χ2v) is 5.29. The van der Waals surface area contributed by atoms with Gasteiger partial charge in [-0.1, -0.05) is 17.7 Å². The second kappa shape index (κ2) is 5.16. The van der Waals surface area contributed by atoms with E-state index < -0.39 is 0 Å². The average molecular weight is 298 g/mol. The molecule has 0 aliphatic carbocycles. The summed E-state index contributed by atoms with van der Waals surface area (Å²) >= 11 is 6.10. The molecule has 1 heterocycles.